The molecule has 1 aliphatic carbocycles. The van der Waals surface area contributed by atoms with Gasteiger partial charge in [-0.2, -0.15) is 0 Å². The van der Waals surface area contributed by atoms with Crippen LogP contribution in [0.15, 0.2) is 53.0 Å². The summed E-state index contributed by atoms with van der Waals surface area (Å²) in [7, 11) is 0. The van der Waals surface area contributed by atoms with E-state index in [-0.39, 0.29) is 17.3 Å². The molecule has 6 nitrogen and oxygen atoms in total. The molecule has 6 heteroatoms. The van der Waals surface area contributed by atoms with Crippen molar-refractivity contribution in [2.24, 2.45) is 0 Å². The summed E-state index contributed by atoms with van der Waals surface area (Å²) < 4.78 is 5.52. The minimum atomic E-state index is -0.359. The first-order valence-electron chi connectivity index (χ1n) is 8.36. The summed E-state index contributed by atoms with van der Waals surface area (Å²) in [6, 6.07) is 7.54. The highest BCUT2D eigenvalue weighted by Crippen LogP contribution is 2.43. The van der Waals surface area contributed by atoms with Crippen LogP contribution in [-0.4, -0.2) is 22.6 Å². The molecule has 128 valence electrons. The fourth-order valence-corrected chi connectivity index (χ4v) is 3.61. The van der Waals surface area contributed by atoms with E-state index in [0.29, 0.717) is 30.0 Å². The van der Waals surface area contributed by atoms with Crippen LogP contribution in [0.4, 0.5) is 5.82 Å². The molecule has 4 rings (SSSR count). The van der Waals surface area contributed by atoms with Gasteiger partial charge in [-0.05, 0) is 30.5 Å². The summed E-state index contributed by atoms with van der Waals surface area (Å²) in [5, 5.41) is 8.73. The number of fused-ring (bicyclic) bond motifs is 1. The van der Waals surface area contributed by atoms with Crippen molar-refractivity contribution in [1.29, 1.82) is 0 Å². The molecular formula is C19H19N3O3. The number of hydrogen-bond donors (Lipinski definition) is 3. The maximum absolute atomic E-state index is 12.6. The molecule has 1 atom stereocenters. The van der Waals surface area contributed by atoms with E-state index < -0.39 is 0 Å². The van der Waals surface area contributed by atoms with Crippen LogP contribution in [0.3, 0.4) is 0 Å². The van der Waals surface area contributed by atoms with Gasteiger partial charge in [0.15, 0.2) is 5.78 Å². The Morgan fingerprint density at radius 3 is 2.72 bits per heavy atom. The average Bonchev–Trinajstić information content (AvgIpc) is 3.00. The summed E-state index contributed by atoms with van der Waals surface area (Å²) >= 11 is 0. The van der Waals surface area contributed by atoms with Gasteiger partial charge in [0.25, 0.3) is 5.56 Å². The third-order valence-corrected chi connectivity index (χ3v) is 4.71. The second-order valence-electron chi connectivity index (χ2n) is 6.26. The van der Waals surface area contributed by atoms with Crippen molar-refractivity contribution in [3.8, 4) is 5.75 Å². The fourth-order valence-electron chi connectivity index (χ4n) is 3.61. The third kappa shape index (κ3) is 2.59. The molecular weight excluding hydrogens is 318 g/mol. The Balaban J connectivity index is 1.81. The SMILES string of the molecule is C=CCOc1ccc(C2C3=C(CCCC3=O)Nc3[nH][nH]c(=O)c32)cc1. The monoisotopic (exact) mass is 337 g/mol. The molecule has 0 bridgehead atoms. The number of nitrogens with one attached hydrogen (secondary N) is 3. The van der Waals surface area contributed by atoms with Gasteiger partial charge in [-0.25, -0.2) is 0 Å². The topological polar surface area (TPSA) is 87.0 Å². The summed E-state index contributed by atoms with van der Waals surface area (Å²) in [6.07, 6.45) is 3.85. The molecule has 1 aromatic heterocycles. The van der Waals surface area contributed by atoms with Gasteiger partial charge >= 0.3 is 0 Å². The number of allylic oxidation sites excluding steroid dienone is 2. The van der Waals surface area contributed by atoms with Crippen LogP contribution in [0.5, 0.6) is 5.75 Å². The summed E-state index contributed by atoms with van der Waals surface area (Å²) in [5.74, 6) is 1.12. The van der Waals surface area contributed by atoms with Crippen molar-refractivity contribution in [1.82, 2.24) is 10.2 Å². The highest BCUT2D eigenvalue weighted by atomic mass is 16.5. The van der Waals surface area contributed by atoms with E-state index in [4.69, 9.17) is 4.74 Å². The van der Waals surface area contributed by atoms with Crippen LogP contribution >= 0.6 is 0 Å². The standard InChI is InChI=1S/C19H19N3O3/c1-2-10-25-12-8-6-11(7-9-12)15-16-13(4-3-5-14(16)23)20-18-17(15)19(24)22-21-18/h2,6-9,15H,1,3-5,10H2,(H3,20,21,22,24). The number of carbonyl (C=O) groups is 1. The van der Waals surface area contributed by atoms with Gasteiger partial charge < -0.3 is 10.1 Å². The predicted octanol–water partition coefficient (Wildman–Crippen LogP) is 2.83. The molecule has 2 aliphatic rings. The van der Waals surface area contributed by atoms with E-state index in [1.807, 2.05) is 24.3 Å². The summed E-state index contributed by atoms with van der Waals surface area (Å²) in [6.45, 7) is 4.06. The molecule has 1 aromatic carbocycles. The highest BCUT2D eigenvalue weighted by Gasteiger charge is 2.37. The average molecular weight is 337 g/mol. The zero-order chi connectivity index (χ0) is 17.4. The van der Waals surface area contributed by atoms with Gasteiger partial charge in [-0.1, -0.05) is 24.8 Å². The van der Waals surface area contributed by atoms with Gasteiger partial charge in [0.05, 0.1) is 5.56 Å². The van der Waals surface area contributed by atoms with Crippen LogP contribution in [0.1, 0.15) is 36.3 Å². The Labute approximate surface area is 144 Å². The fraction of sp³-hybridized carbons (Fsp3) is 0.263. The van der Waals surface area contributed by atoms with Crippen molar-refractivity contribution in [2.45, 2.75) is 25.2 Å². The van der Waals surface area contributed by atoms with E-state index in [2.05, 4.69) is 22.1 Å². The molecule has 0 saturated heterocycles. The van der Waals surface area contributed by atoms with Crippen LogP contribution < -0.4 is 15.6 Å². The molecule has 0 fully saturated rings. The van der Waals surface area contributed by atoms with E-state index in [0.717, 1.165) is 29.9 Å². The molecule has 3 N–H and O–H groups in total. The molecule has 1 aliphatic heterocycles. The van der Waals surface area contributed by atoms with Crippen molar-refractivity contribution >= 4 is 11.6 Å². The lowest BCUT2D eigenvalue weighted by molar-refractivity contribution is -0.116. The van der Waals surface area contributed by atoms with Crippen LogP contribution in [0.2, 0.25) is 0 Å². The maximum atomic E-state index is 12.6. The minimum absolute atomic E-state index is 0.108. The van der Waals surface area contributed by atoms with Gasteiger partial charge in [0.1, 0.15) is 18.2 Å². The van der Waals surface area contributed by atoms with Crippen molar-refractivity contribution in [3.63, 3.8) is 0 Å². The second-order valence-corrected chi connectivity index (χ2v) is 6.26. The Morgan fingerprint density at radius 2 is 1.96 bits per heavy atom. The number of H-pyrrole nitrogens is 2. The number of ketones is 1. The second kappa shape index (κ2) is 6.12. The Kier molecular flexibility index (Phi) is 3.80. The number of hydrogen-bond acceptors (Lipinski definition) is 4. The smallest absolute Gasteiger partial charge is 0.270 e. The number of aromatic amines is 2. The van der Waals surface area contributed by atoms with E-state index in [1.165, 1.54) is 0 Å². The van der Waals surface area contributed by atoms with E-state index >= 15 is 0 Å². The van der Waals surface area contributed by atoms with Crippen molar-refractivity contribution in [3.05, 3.63) is 69.7 Å². The highest BCUT2D eigenvalue weighted by molar-refractivity contribution is 6.00. The molecule has 2 heterocycles. The molecule has 0 amide bonds. The molecule has 1 unspecified atom stereocenters. The zero-order valence-electron chi connectivity index (χ0n) is 13.7. The van der Waals surface area contributed by atoms with Gasteiger partial charge in [-0.15, -0.1) is 0 Å². The quantitative estimate of drug-likeness (QED) is 0.749. The van der Waals surface area contributed by atoms with Gasteiger partial charge in [-0.3, -0.25) is 19.8 Å². The normalized spacial score (nSPS) is 19.0. The number of anilines is 1. The number of benzene rings is 1. The lowest BCUT2D eigenvalue weighted by Gasteiger charge is -2.31. The number of Topliss-reactive ketones (excluding diaryl/α,β-unsaturated/α-hetero) is 1. The van der Waals surface area contributed by atoms with Gasteiger partial charge in [0, 0.05) is 23.6 Å². The van der Waals surface area contributed by atoms with E-state index in [1.54, 1.807) is 6.08 Å². The predicted molar refractivity (Wildman–Crippen MR) is 94.9 cm³/mol. The number of aromatic nitrogens is 2. The van der Waals surface area contributed by atoms with E-state index in [9.17, 15) is 9.59 Å². The first-order chi connectivity index (χ1) is 12.2. The summed E-state index contributed by atoms with van der Waals surface area (Å²) in [4.78, 5) is 24.9. The molecule has 0 spiro atoms. The van der Waals surface area contributed by atoms with Crippen molar-refractivity contribution < 1.29 is 9.53 Å². The maximum Gasteiger partial charge on any atom is 0.270 e. The Hall–Kier alpha value is -3.02. The van der Waals surface area contributed by atoms with Gasteiger partial charge in [0.2, 0.25) is 0 Å². The number of rotatable bonds is 4. The Morgan fingerprint density at radius 1 is 1.16 bits per heavy atom. The first-order valence-corrected chi connectivity index (χ1v) is 8.36. The zero-order valence-corrected chi connectivity index (χ0v) is 13.7. The molecule has 2 aromatic rings. The first kappa shape index (κ1) is 15.5. The molecule has 0 saturated carbocycles. The lowest BCUT2D eigenvalue weighted by atomic mass is 9.77. The van der Waals surface area contributed by atoms with Crippen LogP contribution in [0, 0.1) is 0 Å². The van der Waals surface area contributed by atoms with Crippen LogP contribution in [0.25, 0.3) is 0 Å². The van der Waals surface area contributed by atoms with Crippen LogP contribution in [-0.2, 0) is 4.79 Å². The Bertz CT molecular complexity index is 918. The summed E-state index contributed by atoms with van der Waals surface area (Å²) in [5.41, 5.74) is 2.89. The van der Waals surface area contributed by atoms with Crippen molar-refractivity contribution in [2.75, 3.05) is 11.9 Å². The molecule has 25 heavy (non-hydrogen) atoms. The molecule has 0 radical (unpaired) electrons. The lowest BCUT2D eigenvalue weighted by Crippen LogP contribution is -2.29. The number of carbonyl (C=O) groups excluding carboxylic acids is 1. The third-order valence-electron chi connectivity index (χ3n) is 4.71. The number of ether oxygens (including phenoxy) is 1. The largest absolute Gasteiger partial charge is 0.490 e. The minimum Gasteiger partial charge on any atom is -0.490 e.